The second-order valence-electron chi connectivity index (χ2n) is 19.8. The van der Waals surface area contributed by atoms with Crippen LogP contribution in [0.15, 0.2) is 36.4 Å². The van der Waals surface area contributed by atoms with Crippen LogP contribution in [0.1, 0.15) is 131 Å². The van der Waals surface area contributed by atoms with Gasteiger partial charge in [-0.3, -0.25) is 14.4 Å². The predicted molar refractivity (Wildman–Crippen MR) is 206 cm³/mol. The number of esters is 1. The molecule has 1 heterocycles. The smallest absolute Gasteiger partial charge is 0.309 e. The lowest BCUT2D eigenvalue weighted by molar-refractivity contribution is -0.249. The fourth-order valence-corrected chi connectivity index (χ4v) is 14.6. The van der Waals surface area contributed by atoms with Crippen molar-refractivity contribution in [2.75, 3.05) is 0 Å². The van der Waals surface area contributed by atoms with Crippen molar-refractivity contribution in [2.24, 2.45) is 62.1 Å². The molecular formula is C44H62N2O5S. The maximum atomic E-state index is 14.6. The molecule has 2 N–H and O–H groups in total. The molecule has 5 fully saturated rings. The number of amides is 1. The van der Waals surface area contributed by atoms with Gasteiger partial charge in [-0.1, -0.05) is 58.9 Å². The van der Waals surface area contributed by atoms with Crippen LogP contribution in [0, 0.1) is 62.1 Å². The first-order chi connectivity index (χ1) is 24.3. The van der Waals surface area contributed by atoms with Crippen molar-refractivity contribution in [3.8, 4) is 0 Å². The number of carboxylic acids is 1. The van der Waals surface area contributed by atoms with Crippen LogP contribution >= 0.6 is 11.3 Å². The second-order valence-corrected chi connectivity index (χ2v) is 20.9. The van der Waals surface area contributed by atoms with Crippen LogP contribution in [-0.4, -0.2) is 34.0 Å². The Labute approximate surface area is 315 Å². The number of ether oxygens (including phenoxy) is 1. The molecule has 10 atom stereocenters. The number of nitrogens with one attached hydrogen (secondary N) is 1. The summed E-state index contributed by atoms with van der Waals surface area (Å²) in [4.78, 5) is 44.3. The number of hydrogen-bond acceptors (Lipinski definition) is 6. The number of rotatable bonds is 8. The standard InChI is InChI=1S/C44H62N2O5S/c1-26(2)27-16-21-44(37(48)45-25-34-46-29-12-10-11-13-30(29)52-34)23-22-42(8)28(36(27)44)14-15-32-41(7)19-18-33(51-35(47)24-39(3,4)38(49)50)40(5,6)31(41)17-20-43(32,42)9/h10-13,27-28,31-33,36H,1,14-25H2,2-9H3,(H,45,48)(H,49,50)/t27-,28+,31?,32?,33-,36?,41-,42+,43+,44-/m0/s1. The van der Waals surface area contributed by atoms with E-state index in [1.165, 1.54) is 12.0 Å². The molecule has 52 heavy (non-hydrogen) atoms. The number of carbonyl (C=O) groups excluding carboxylic acids is 2. The summed E-state index contributed by atoms with van der Waals surface area (Å²) in [6.07, 6.45) is 10.0. The summed E-state index contributed by atoms with van der Waals surface area (Å²) in [5, 5.41) is 14.0. The number of fused-ring (bicyclic) bond motifs is 8. The van der Waals surface area contributed by atoms with Crippen molar-refractivity contribution in [2.45, 2.75) is 139 Å². The van der Waals surface area contributed by atoms with Gasteiger partial charge in [-0.25, -0.2) is 4.98 Å². The molecule has 5 aliphatic rings. The Hall–Kier alpha value is -2.74. The molecule has 0 radical (unpaired) electrons. The minimum Gasteiger partial charge on any atom is -0.481 e. The highest BCUT2D eigenvalue weighted by Crippen LogP contribution is 2.77. The van der Waals surface area contributed by atoms with E-state index in [1.54, 1.807) is 25.2 Å². The van der Waals surface area contributed by atoms with Gasteiger partial charge < -0.3 is 15.2 Å². The Kier molecular flexibility index (Phi) is 9.15. The Bertz CT molecular complexity index is 1750. The van der Waals surface area contributed by atoms with Gasteiger partial charge in [-0.15, -0.1) is 11.3 Å². The minimum atomic E-state index is -1.15. The molecule has 8 heteroatoms. The van der Waals surface area contributed by atoms with Gasteiger partial charge >= 0.3 is 11.9 Å². The molecule has 0 aliphatic heterocycles. The number of thiazole rings is 1. The van der Waals surface area contributed by atoms with E-state index in [9.17, 15) is 19.5 Å². The number of benzene rings is 1. The van der Waals surface area contributed by atoms with Gasteiger partial charge in [-0.2, -0.15) is 0 Å². The van der Waals surface area contributed by atoms with Gasteiger partial charge in [0, 0.05) is 5.41 Å². The molecule has 3 unspecified atom stereocenters. The molecule has 1 amide bonds. The topological polar surface area (TPSA) is 106 Å². The van der Waals surface area contributed by atoms with Gasteiger partial charge in [0.25, 0.3) is 0 Å². The molecule has 5 saturated carbocycles. The third-order valence-corrected chi connectivity index (χ3v) is 17.7. The summed E-state index contributed by atoms with van der Waals surface area (Å²) in [6, 6.07) is 8.20. The van der Waals surface area contributed by atoms with E-state index < -0.39 is 17.4 Å². The van der Waals surface area contributed by atoms with Gasteiger partial charge in [0.15, 0.2) is 0 Å². The van der Waals surface area contributed by atoms with Crippen LogP contribution < -0.4 is 5.32 Å². The largest absolute Gasteiger partial charge is 0.481 e. The van der Waals surface area contributed by atoms with E-state index in [4.69, 9.17) is 9.72 Å². The Morgan fingerprint density at radius 2 is 1.67 bits per heavy atom. The average Bonchev–Trinajstić information content (AvgIpc) is 3.67. The third-order valence-electron chi connectivity index (χ3n) is 16.6. The van der Waals surface area contributed by atoms with E-state index >= 15 is 0 Å². The number of hydrogen-bond donors (Lipinski definition) is 2. The normalized spacial score (nSPS) is 39.4. The van der Waals surface area contributed by atoms with Gasteiger partial charge in [0.1, 0.15) is 11.1 Å². The SMILES string of the molecule is C=C(C)[C@@H]1CC[C@]2(C(=O)NCc3nc4ccccc4s3)CC[C@]3(C)[C@H](CCC4[C@@]5(C)CC[C@H](OC(=O)CC(C)(C)C(=O)O)C(C)(C)C5CC[C@]43C)C12. The van der Waals surface area contributed by atoms with Crippen LogP contribution in [0.2, 0.25) is 0 Å². The van der Waals surface area contributed by atoms with Crippen molar-refractivity contribution in [1.29, 1.82) is 0 Å². The van der Waals surface area contributed by atoms with Crippen LogP contribution in [0.3, 0.4) is 0 Å². The maximum Gasteiger partial charge on any atom is 0.309 e. The number of para-hydroxylation sites is 1. The first kappa shape index (κ1) is 37.6. The number of allylic oxidation sites excluding steroid dienone is 1. The number of aromatic nitrogens is 1. The molecule has 0 spiro atoms. The first-order valence-corrected chi connectivity index (χ1v) is 20.8. The maximum absolute atomic E-state index is 14.6. The Morgan fingerprint density at radius 1 is 0.942 bits per heavy atom. The highest BCUT2D eigenvalue weighted by Gasteiger charge is 2.72. The molecule has 1 aromatic carbocycles. The number of aliphatic carboxylic acids is 1. The van der Waals surface area contributed by atoms with E-state index in [2.05, 4.69) is 59.5 Å². The monoisotopic (exact) mass is 730 g/mol. The van der Waals surface area contributed by atoms with Gasteiger partial charge in [0.2, 0.25) is 5.91 Å². The number of carboxylic acid groups (broad SMARTS) is 1. The summed E-state index contributed by atoms with van der Waals surface area (Å²) < 4.78 is 7.34. The van der Waals surface area contributed by atoms with Crippen molar-refractivity contribution in [1.82, 2.24) is 10.3 Å². The minimum absolute atomic E-state index is 0.110. The van der Waals surface area contributed by atoms with Crippen LogP contribution in [0.25, 0.3) is 10.2 Å². The summed E-state index contributed by atoms with van der Waals surface area (Å²) in [6.45, 7) is 22.7. The molecule has 7 rings (SSSR count). The molecule has 5 aliphatic carbocycles. The van der Waals surface area contributed by atoms with Crippen molar-refractivity contribution in [3.05, 3.63) is 41.4 Å². The average molecular weight is 731 g/mol. The number of carbonyl (C=O) groups is 3. The van der Waals surface area contributed by atoms with Crippen LogP contribution in [-0.2, 0) is 25.7 Å². The quantitative estimate of drug-likeness (QED) is 0.207. The zero-order valence-electron chi connectivity index (χ0n) is 32.9. The summed E-state index contributed by atoms with van der Waals surface area (Å²) >= 11 is 1.67. The lowest BCUT2D eigenvalue weighted by atomic mass is 9.32. The lowest BCUT2D eigenvalue weighted by Crippen LogP contribution is -2.67. The van der Waals surface area contributed by atoms with Crippen molar-refractivity contribution in [3.63, 3.8) is 0 Å². The summed E-state index contributed by atoms with van der Waals surface area (Å²) in [5.74, 6) is 0.919. The van der Waals surface area contributed by atoms with E-state index in [-0.39, 0.29) is 45.5 Å². The molecule has 1 aromatic heterocycles. The van der Waals surface area contributed by atoms with E-state index in [1.807, 2.05) is 18.2 Å². The number of nitrogens with zero attached hydrogens (tertiary/aromatic N) is 1. The molecule has 7 nitrogen and oxygen atoms in total. The molecule has 0 saturated heterocycles. The predicted octanol–water partition coefficient (Wildman–Crippen LogP) is 9.98. The van der Waals surface area contributed by atoms with Crippen LogP contribution in [0.5, 0.6) is 0 Å². The summed E-state index contributed by atoms with van der Waals surface area (Å²) in [7, 11) is 0. The fraction of sp³-hybridized carbons (Fsp3) is 0.727. The molecule has 284 valence electrons. The Morgan fingerprint density at radius 3 is 2.37 bits per heavy atom. The fourth-order valence-electron chi connectivity index (χ4n) is 13.7. The lowest BCUT2D eigenvalue weighted by Gasteiger charge is -2.72. The summed E-state index contributed by atoms with van der Waals surface area (Å²) in [5.41, 5.74) is 0.859. The highest BCUT2D eigenvalue weighted by molar-refractivity contribution is 7.18. The molecule has 0 bridgehead atoms. The van der Waals surface area contributed by atoms with E-state index in [0.29, 0.717) is 36.1 Å². The van der Waals surface area contributed by atoms with Gasteiger partial charge in [0.05, 0.1) is 34.0 Å². The second kappa shape index (κ2) is 12.7. The van der Waals surface area contributed by atoms with Crippen LogP contribution in [0.4, 0.5) is 0 Å². The third kappa shape index (κ3) is 5.53. The Balaban J connectivity index is 1.13. The highest BCUT2D eigenvalue weighted by atomic mass is 32.1. The van der Waals surface area contributed by atoms with E-state index in [0.717, 1.165) is 73.0 Å². The van der Waals surface area contributed by atoms with Crippen molar-refractivity contribution < 1.29 is 24.2 Å². The first-order valence-electron chi connectivity index (χ1n) is 20.0. The zero-order valence-corrected chi connectivity index (χ0v) is 33.7. The van der Waals surface area contributed by atoms with Gasteiger partial charge in [-0.05, 0) is 143 Å². The van der Waals surface area contributed by atoms with Crippen molar-refractivity contribution >= 4 is 39.4 Å². The zero-order chi connectivity index (χ0) is 37.6. The molecule has 2 aromatic rings. The molecular weight excluding hydrogens is 669 g/mol.